The van der Waals surface area contributed by atoms with Crippen LogP contribution in [0.5, 0.6) is 5.75 Å². The topological polar surface area (TPSA) is 21.3 Å². The van der Waals surface area contributed by atoms with Gasteiger partial charge in [0, 0.05) is 5.56 Å². The van der Waals surface area contributed by atoms with Gasteiger partial charge in [-0.05, 0) is 24.7 Å². The van der Waals surface area contributed by atoms with Crippen LogP contribution >= 0.6 is 0 Å². The Kier molecular flexibility index (Phi) is 4.85. The minimum Gasteiger partial charge on any atom is -0.496 e. The van der Waals surface area contributed by atoms with Gasteiger partial charge in [-0.3, -0.25) is 0 Å². The van der Waals surface area contributed by atoms with Crippen molar-refractivity contribution in [3.63, 3.8) is 0 Å². The molecule has 0 saturated heterocycles. The highest BCUT2D eigenvalue weighted by Crippen LogP contribution is 2.33. The van der Waals surface area contributed by atoms with E-state index in [9.17, 15) is 13.2 Å². The molecular formula is C16H16F3NO. The number of methoxy groups -OCH3 is 1. The number of benzene rings is 2. The molecule has 21 heavy (non-hydrogen) atoms. The molecule has 0 aliphatic heterocycles. The number of hydrogen-bond acceptors (Lipinski definition) is 2. The van der Waals surface area contributed by atoms with E-state index in [1.165, 1.54) is 31.4 Å². The quantitative estimate of drug-likeness (QED) is 0.905. The maximum absolute atomic E-state index is 14.2. The van der Waals surface area contributed by atoms with Gasteiger partial charge < -0.3 is 10.1 Å². The molecule has 0 bridgehead atoms. The van der Waals surface area contributed by atoms with Gasteiger partial charge >= 0.3 is 0 Å². The largest absolute Gasteiger partial charge is 0.496 e. The molecule has 0 amide bonds. The Hall–Kier alpha value is -2.01. The third-order valence-electron chi connectivity index (χ3n) is 3.22. The second-order valence-electron chi connectivity index (χ2n) is 4.49. The molecule has 0 spiro atoms. The Morgan fingerprint density at radius 1 is 1.05 bits per heavy atom. The molecule has 0 aromatic heterocycles. The average molecular weight is 295 g/mol. The van der Waals surface area contributed by atoms with Crippen LogP contribution in [-0.4, -0.2) is 13.7 Å². The lowest BCUT2D eigenvalue weighted by molar-refractivity contribution is 0.395. The van der Waals surface area contributed by atoms with Crippen molar-refractivity contribution in [2.24, 2.45) is 0 Å². The average Bonchev–Trinajstić information content (AvgIpc) is 2.48. The SMILES string of the molecule is CCNC(c1cccc(F)c1F)c1c(F)cccc1OC. The van der Waals surface area contributed by atoms with Gasteiger partial charge in [0.25, 0.3) is 0 Å². The van der Waals surface area contributed by atoms with Crippen LogP contribution in [0.4, 0.5) is 13.2 Å². The third-order valence-corrected chi connectivity index (χ3v) is 3.22. The third kappa shape index (κ3) is 3.03. The standard InChI is InChI=1S/C16H16F3NO/c1-3-20-16(10-6-4-8-12(18)15(10)19)14-11(17)7-5-9-13(14)21-2/h4-9,16,20H,3H2,1-2H3. The van der Waals surface area contributed by atoms with E-state index >= 15 is 0 Å². The number of hydrogen-bond donors (Lipinski definition) is 1. The van der Waals surface area contributed by atoms with Gasteiger partial charge in [-0.2, -0.15) is 0 Å². The van der Waals surface area contributed by atoms with Crippen LogP contribution in [0.3, 0.4) is 0 Å². The Morgan fingerprint density at radius 3 is 2.38 bits per heavy atom. The van der Waals surface area contributed by atoms with Crippen LogP contribution < -0.4 is 10.1 Å². The van der Waals surface area contributed by atoms with E-state index in [-0.39, 0.29) is 16.9 Å². The van der Waals surface area contributed by atoms with E-state index in [2.05, 4.69) is 5.32 Å². The molecule has 2 nitrogen and oxygen atoms in total. The highest BCUT2D eigenvalue weighted by atomic mass is 19.2. The number of halogens is 3. The predicted octanol–water partition coefficient (Wildman–Crippen LogP) is 3.81. The van der Waals surface area contributed by atoms with E-state index in [4.69, 9.17) is 4.74 Å². The summed E-state index contributed by atoms with van der Waals surface area (Å²) in [5.41, 5.74) is 0.201. The Bertz CT molecular complexity index is 631. The van der Waals surface area contributed by atoms with Gasteiger partial charge in [0.1, 0.15) is 11.6 Å². The predicted molar refractivity (Wildman–Crippen MR) is 74.8 cm³/mol. The highest BCUT2D eigenvalue weighted by Gasteiger charge is 2.25. The summed E-state index contributed by atoms with van der Waals surface area (Å²) in [6, 6.07) is 7.37. The second-order valence-corrected chi connectivity index (χ2v) is 4.49. The summed E-state index contributed by atoms with van der Waals surface area (Å²) in [4.78, 5) is 0. The molecule has 2 aromatic carbocycles. The molecule has 1 N–H and O–H groups in total. The van der Waals surface area contributed by atoms with Crippen molar-refractivity contribution in [2.45, 2.75) is 13.0 Å². The van der Waals surface area contributed by atoms with Crippen molar-refractivity contribution in [1.29, 1.82) is 0 Å². The molecule has 2 rings (SSSR count). The second kappa shape index (κ2) is 6.63. The first kappa shape index (κ1) is 15.4. The van der Waals surface area contributed by atoms with Gasteiger partial charge in [0.2, 0.25) is 0 Å². The number of rotatable bonds is 5. The maximum Gasteiger partial charge on any atom is 0.163 e. The van der Waals surface area contributed by atoms with Crippen LogP contribution in [0.15, 0.2) is 36.4 Å². The minimum atomic E-state index is -0.992. The Labute approximate surface area is 121 Å². The molecule has 0 aliphatic carbocycles. The Morgan fingerprint density at radius 2 is 1.71 bits per heavy atom. The van der Waals surface area contributed by atoms with E-state index in [0.29, 0.717) is 6.54 Å². The molecular weight excluding hydrogens is 279 g/mol. The summed E-state index contributed by atoms with van der Waals surface area (Å²) in [5.74, 6) is -2.21. The van der Waals surface area contributed by atoms with Crippen molar-refractivity contribution in [3.8, 4) is 5.75 Å². The molecule has 0 heterocycles. The van der Waals surface area contributed by atoms with Gasteiger partial charge in [0.05, 0.1) is 18.7 Å². The maximum atomic E-state index is 14.2. The van der Waals surface area contributed by atoms with Gasteiger partial charge in [-0.15, -0.1) is 0 Å². The van der Waals surface area contributed by atoms with Crippen LogP contribution in [0, 0.1) is 17.5 Å². The lowest BCUT2D eigenvalue weighted by Crippen LogP contribution is -2.25. The minimum absolute atomic E-state index is 0.0419. The zero-order chi connectivity index (χ0) is 15.4. The summed E-state index contributed by atoms with van der Waals surface area (Å²) >= 11 is 0. The van der Waals surface area contributed by atoms with Gasteiger partial charge in [-0.25, -0.2) is 13.2 Å². The molecule has 0 aliphatic rings. The van der Waals surface area contributed by atoms with Crippen LogP contribution in [0.2, 0.25) is 0 Å². The van der Waals surface area contributed by atoms with Crippen molar-refractivity contribution < 1.29 is 17.9 Å². The van der Waals surface area contributed by atoms with E-state index in [0.717, 1.165) is 6.07 Å². The smallest absolute Gasteiger partial charge is 0.163 e. The van der Waals surface area contributed by atoms with Gasteiger partial charge in [-0.1, -0.05) is 25.1 Å². The van der Waals surface area contributed by atoms with Gasteiger partial charge in [0.15, 0.2) is 11.6 Å². The first-order valence-electron chi connectivity index (χ1n) is 6.59. The number of nitrogens with one attached hydrogen (secondary N) is 1. The van der Waals surface area contributed by atoms with Crippen molar-refractivity contribution >= 4 is 0 Å². The zero-order valence-corrected chi connectivity index (χ0v) is 11.8. The molecule has 1 atom stereocenters. The van der Waals surface area contributed by atoms with E-state index in [1.807, 2.05) is 0 Å². The fourth-order valence-corrected chi connectivity index (χ4v) is 2.29. The molecule has 0 radical (unpaired) electrons. The fourth-order valence-electron chi connectivity index (χ4n) is 2.29. The summed E-state index contributed by atoms with van der Waals surface area (Å²) in [6.07, 6.45) is 0. The summed E-state index contributed by atoms with van der Waals surface area (Å²) in [7, 11) is 1.41. The molecule has 0 fully saturated rings. The highest BCUT2D eigenvalue weighted by molar-refractivity contribution is 5.43. The Balaban J connectivity index is 2.62. The van der Waals surface area contributed by atoms with Crippen LogP contribution in [0.25, 0.3) is 0 Å². The summed E-state index contributed by atoms with van der Waals surface area (Å²) in [6.45, 7) is 2.26. The van der Waals surface area contributed by atoms with Crippen molar-refractivity contribution in [3.05, 3.63) is 65.0 Å². The summed E-state index contributed by atoms with van der Waals surface area (Å²) in [5, 5.41) is 2.97. The van der Waals surface area contributed by atoms with E-state index < -0.39 is 23.5 Å². The van der Waals surface area contributed by atoms with Crippen LogP contribution in [-0.2, 0) is 0 Å². The molecule has 1 unspecified atom stereocenters. The van der Waals surface area contributed by atoms with Crippen molar-refractivity contribution in [1.82, 2.24) is 5.32 Å². The lowest BCUT2D eigenvalue weighted by Gasteiger charge is -2.22. The summed E-state index contributed by atoms with van der Waals surface area (Å²) < 4.78 is 46.8. The molecule has 0 saturated carbocycles. The monoisotopic (exact) mass is 295 g/mol. The first-order chi connectivity index (χ1) is 10.1. The first-order valence-corrected chi connectivity index (χ1v) is 6.59. The van der Waals surface area contributed by atoms with Crippen molar-refractivity contribution in [2.75, 3.05) is 13.7 Å². The zero-order valence-electron chi connectivity index (χ0n) is 11.8. The molecule has 2 aromatic rings. The fraction of sp³-hybridized carbons (Fsp3) is 0.250. The van der Waals surface area contributed by atoms with E-state index in [1.54, 1.807) is 13.0 Å². The van der Waals surface area contributed by atoms with Crippen LogP contribution in [0.1, 0.15) is 24.1 Å². The number of ether oxygens (including phenoxy) is 1. The lowest BCUT2D eigenvalue weighted by atomic mass is 9.96. The normalized spacial score (nSPS) is 12.2. The molecule has 5 heteroatoms. The molecule has 112 valence electrons.